The Morgan fingerprint density at radius 1 is 0.667 bits per heavy atom. The molecule has 3 heteroatoms. The number of benzene rings is 3. The van der Waals surface area contributed by atoms with Crippen molar-refractivity contribution in [1.29, 1.82) is 0 Å². The molecule has 0 aliphatic rings. The van der Waals surface area contributed by atoms with Crippen LogP contribution >= 0.6 is 7.92 Å². The van der Waals surface area contributed by atoms with Gasteiger partial charge in [-0.25, -0.2) is 0 Å². The Kier molecular flexibility index (Phi) is 8.47. The minimum atomic E-state index is -0.519. The van der Waals surface area contributed by atoms with Crippen LogP contribution in [0.2, 0.25) is 0 Å². The molecule has 0 bridgehead atoms. The average molecular weight is 489 g/mol. The predicted molar refractivity (Wildman–Crippen MR) is 116 cm³/mol. The molecule has 0 radical (unpaired) electrons. The smallest absolute Gasteiger partial charge is 0.104 e. The Bertz CT molecular complexity index is 777. The van der Waals surface area contributed by atoms with Crippen LogP contribution in [0.25, 0.3) is 0 Å². The molecule has 142 valence electrons. The zero-order valence-electron chi connectivity index (χ0n) is 16.5. The molecule has 0 saturated carbocycles. The molecule has 0 atom stereocenters. The van der Waals surface area contributed by atoms with Crippen molar-refractivity contribution in [2.75, 3.05) is 20.1 Å². The normalized spacial score (nSPS) is 11.3. The van der Waals surface area contributed by atoms with E-state index in [0.29, 0.717) is 0 Å². The third-order valence-corrected chi connectivity index (χ3v) is 7.71. The molecule has 3 rings (SSSR count). The standard InChI is InChI=1S/C24H29NP.HI/c1-4-25(3,5-2)20-21-13-12-18-24(19-21)26(22-14-8-6-9-15-22)23-16-10-7-11-17-23;/h6-19H,4-5,20H2,1-3H3;1H/q+1;/p-1. The van der Waals surface area contributed by atoms with E-state index in [2.05, 4.69) is 106 Å². The van der Waals surface area contributed by atoms with Gasteiger partial charge in [-0.1, -0.05) is 78.9 Å². The third-order valence-electron chi connectivity index (χ3n) is 5.29. The SMILES string of the molecule is CC[N+](C)(CC)Cc1cccc(P(c2ccccc2)c2ccccc2)c1.[I-]. The summed E-state index contributed by atoms with van der Waals surface area (Å²) in [5.41, 5.74) is 1.44. The van der Waals surface area contributed by atoms with Crippen LogP contribution in [0.3, 0.4) is 0 Å². The van der Waals surface area contributed by atoms with Gasteiger partial charge >= 0.3 is 0 Å². The zero-order chi connectivity index (χ0) is 18.4. The van der Waals surface area contributed by atoms with E-state index in [-0.39, 0.29) is 24.0 Å². The van der Waals surface area contributed by atoms with Gasteiger partial charge in [0.15, 0.2) is 0 Å². The maximum atomic E-state index is 2.44. The molecule has 0 aromatic heterocycles. The molecule has 0 N–H and O–H groups in total. The Balaban J connectivity index is 0.00000261. The summed E-state index contributed by atoms with van der Waals surface area (Å²) in [4.78, 5) is 0. The highest BCUT2D eigenvalue weighted by atomic mass is 127. The van der Waals surface area contributed by atoms with Gasteiger partial charge in [0.1, 0.15) is 6.54 Å². The van der Waals surface area contributed by atoms with E-state index in [9.17, 15) is 0 Å². The monoisotopic (exact) mass is 489 g/mol. The lowest BCUT2D eigenvalue weighted by atomic mass is 10.2. The number of halogens is 1. The van der Waals surface area contributed by atoms with Crippen molar-refractivity contribution >= 4 is 23.8 Å². The van der Waals surface area contributed by atoms with Crippen molar-refractivity contribution in [3.63, 3.8) is 0 Å². The second-order valence-corrected chi connectivity index (χ2v) is 9.31. The number of hydrogen-bond acceptors (Lipinski definition) is 0. The van der Waals surface area contributed by atoms with Crippen LogP contribution in [0.15, 0.2) is 84.9 Å². The van der Waals surface area contributed by atoms with Crippen LogP contribution in [0, 0.1) is 0 Å². The maximum absolute atomic E-state index is 2.44. The molecule has 0 aliphatic carbocycles. The third kappa shape index (κ3) is 5.63. The number of nitrogens with zero attached hydrogens (tertiary/aromatic N) is 1. The lowest BCUT2D eigenvalue weighted by Gasteiger charge is -2.32. The van der Waals surface area contributed by atoms with Gasteiger partial charge in [0.25, 0.3) is 0 Å². The highest BCUT2D eigenvalue weighted by Crippen LogP contribution is 2.33. The largest absolute Gasteiger partial charge is 1.00 e. The Morgan fingerprint density at radius 2 is 1.15 bits per heavy atom. The highest BCUT2D eigenvalue weighted by molar-refractivity contribution is 7.79. The van der Waals surface area contributed by atoms with E-state index >= 15 is 0 Å². The van der Waals surface area contributed by atoms with Crippen molar-refractivity contribution in [1.82, 2.24) is 0 Å². The summed E-state index contributed by atoms with van der Waals surface area (Å²) in [6, 6.07) is 31.1. The molecule has 27 heavy (non-hydrogen) atoms. The summed E-state index contributed by atoms with van der Waals surface area (Å²) in [6.45, 7) is 7.98. The Labute approximate surface area is 182 Å². The van der Waals surface area contributed by atoms with Crippen molar-refractivity contribution in [3.05, 3.63) is 90.5 Å². The first-order chi connectivity index (χ1) is 12.6. The topological polar surface area (TPSA) is 0 Å². The quantitative estimate of drug-likeness (QED) is 0.268. The molecule has 0 spiro atoms. The summed E-state index contributed by atoms with van der Waals surface area (Å²) in [6.07, 6.45) is 0. The van der Waals surface area contributed by atoms with Gasteiger partial charge in [-0.15, -0.1) is 0 Å². The number of quaternary nitrogens is 1. The molecule has 0 amide bonds. The van der Waals surface area contributed by atoms with Gasteiger partial charge in [0.05, 0.1) is 20.1 Å². The molecule has 3 aromatic carbocycles. The number of rotatable bonds is 7. The summed E-state index contributed by atoms with van der Waals surface area (Å²) in [5, 5.41) is 4.26. The zero-order valence-corrected chi connectivity index (χ0v) is 19.5. The van der Waals surface area contributed by atoms with Crippen LogP contribution in [0.1, 0.15) is 19.4 Å². The van der Waals surface area contributed by atoms with E-state index < -0.39 is 7.92 Å². The maximum Gasteiger partial charge on any atom is 0.104 e. The minimum absolute atomic E-state index is 0. The fourth-order valence-corrected chi connectivity index (χ4v) is 5.65. The second kappa shape index (κ2) is 10.4. The van der Waals surface area contributed by atoms with Gasteiger partial charge < -0.3 is 28.5 Å². The van der Waals surface area contributed by atoms with Crippen molar-refractivity contribution < 1.29 is 28.5 Å². The molecule has 0 fully saturated rings. The van der Waals surface area contributed by atoms with Crippen molar-refractivity contribution in [2.45, 2.75) is 20.4 Å². The van der Waals surface area contributed by atoms with Gasteiger partial charge in [-0.05, 0) is 43.7 Å². The van der Waals surface area contributed by atoms with Crippen molar-refractivity contribution in [3.8, 4) is 0 Å². The fourth-order valence-electron chi connectivity index (χ4n) is 3.28. The summed E-state index contributed by atoms with van der Waals surface area (Å²) >= 11 is 0. The van der Waals surface area contributed by atoms with Crippen LogP contribution in [0.4, 0.5) is 0 Å². The first-order valence-corrected chi connectivity index (χ1v) is 10.8. The summed E-state index contributed by atoms with van der Waals surface area (Å²) in [7, 11) is 1.83. The molecule has 0 heterocycles. The summed E-state index contributed by atoms with van der Waals surface area (Å²) < 4.78 is 1.08. The molecule has 3 aromatic rings. The average Bonchev–Trinajstić information content (AvgIpc) is 2.70. The molecule has 0 unspecified atom stereocenters. The van der Waals surface area contributed by atoms with Gasteiger partial charge in [-0.2, -0.15) is 0 Å². The minimum Gasteiger partial charge on any atom is -1.00 e. The Morgan fingerprint density at radius 3 is 1.63 bits per heavy atom. The molecular weight excluding hydrogens is 460 g/mol. The predicted octanol–water partition coefficient (Wildman–Crippen LogP) is 1.44. The number of hydrogen-bond donors (Lipinski definition) is 0. The second-order valence-electron chi connectivity index (χ2n) is 7.09. The van der Waals surface area contributed by atoms with Crippen LogP contribution in [-0.2, 0) is 6.54 Å². The first-order valence-electron chi connectivity index (χ1n) is 9.48. The van der Waals surface area contributed by atoms with E-state index in [1.54, 1.807) is 0 Å². The van der Waals surface area contributed by atoms with Gasteiger partial charge in [0.2, 0.25) is 0 Å². The van der Waals surface area contributed by atoms with Gasteiger partial charge in [-0.3, -0.25) is 0 Å². The van der Waals surface area contributed by atoms with E-state index in [0.717, 1.165) is 24.1 Å². The van der Waals surface area contributed by atoms with Crippen LogP contribution < -0.4 is 39.9 Å². The molecule has 0 saturated heterocycles. The van der Waals surface area contributed by atoms with Crippen molar-refractivity contribution in [2.24, 2.45) is 0 Å². The molecule has 0 aliphatic heterocycles. The Hall–Kier alpha value is -1.22. The summed E-state index contributed by atoms with van der Waals surface area (Å²) in [5.74, 6) is 0. The van der Waals surface area contributed by atoms with Crippen LogP contribution in [0.5, 0.6) is 0 Å². The lowest BCUT2D eigenvalue weighted by Crippen LogP contribution is -3.00. The molecule has 1 nitrogen and oxygen atoms in total. The highest BCUT2D eigenvalue weighted by Gasteiger charge is 2.20. The lowest BCUT2D eigenvalue weighted by molar-refractivity contribution is -0.919. The van der Waals surface area contributed by atoms with Crippen LogP contribution in [-0.4, -0.2) is 24.6 Å². The van der Waals surface area contributed by atoms with E-state index in [1.807, 2.05) is 0 Å². The van der Waals surface area contributed by atoms with Gasteiger partial charge in [0, 0.05) is 5.56 Å². The molecular formula is C24H29INP. The fraction of sp³-hybridized carbons (Fsp3) is 0.250. The first kappa shape index (κ1) is 22.1. The van der Waals surface area contributed by atoms with E-state index in [4.69, 9.17) is 0 Å². The van der Waals surface area contributed by atoms with E-state index in [1.165, 1.54) is 21.5 Å².